The monoisotopic (exact) mass is 356 g/mol. The summed E-state index contributed by atoms with van der Waals surface area (Å²) in [5, 5.41) is 0.687. The minimum atomic E-state index is -0.355. The van der Waals surface area contributed by atoms with Crippen LogP contribution in [-0.2, 0) is 18.2 Å². The Morgan fingerprint density at radius 3 is 2.72 bits per heavy atom. The number of ether oxygens (including phenoxy) is 1. The number of carbonyl (C=O) groups excluding carboxylic acids is 1. The van der Waals surface area contributed by atoms with E-state index in [0.29, 0.717) is 29.8 Å². The van der Waals surface area contributed by atoms with Crippen molar-refractivity contribution >= 4 is 27.5 Å². The molecule has 0 aliphatic carbocycles. The fourth-order valence-electron chi connectivity index (χ4n) is 2.83. The van der Waals surface area contributed by atoms with Gasteiger partial charge in [-0.25, -0.2) is 9.78 Å². The first-order valence-corrected chi connectivity index (χ1v) is 8.96. The van der Waals surface area contributed by atoms with Gasteiger partial charge in [-0.05, 0) is 38.0 Å². The second kappa shape index (κ2) is 6.80. The molecule has 3 rings (SSSR count). The third-order valence-corrected chi connectivity index (χ3v) is 5.47. The van der Waals surface area contributed by atoms with Gasteiger partial charge in [0, 0.05) is 18.3 Å². The molecule has 0 radical (unpaired) electrons. The van der Waals surface area contributed by atoms with Crippen molar-refractivity contribution in [3.05, 3.63) is 62.0 Å². The summed E-state index contributed by atoms with van der Waals surface area (Å²) in [7, 11) is 1.73. The van der Waals surface area contributed by atoms with Crippen LogP contribution in [-0.4, -0.2) is 22.1 Å². The molecule has 2 aromatic heterocycles. The van der Waals surface area contributed by atoms with Gasteiger partial charge in [0.2, 0.25) is 0 Å². The fourth-order valence-corrected chi connectivity index (χ4v) is 3.87. The summed E-state index contributed by atoms with van der Waals surface area (Å²) in [4.78, 5) is 31.4. The average Bonchev–Trinajstić information content (AvgIpc) is 2.87. The standard InChI is InChI=1S/C19H20N2O3S/c1-5-24-19(23)14-9-7-6-8-13(14)10-15-20-17-16(18(22)21(15)4)11(2)12(3)25-17/h6-9H,5,10H2,1-4H3. The van der Waals surface area contributed by atoms with Crippen LogP contribution in [0.15, 0.2) is 29.1 Å². The molecule has 3 aromatic rings. The SMILES string of the molecule is CCOC(=O)c1ccccc1Cc1nc2sc(C)c(C)c2c(=O)n1C. The normalized spacial score (nSPS) is 11.0. The van der Waals surface area contributed by atoms with Gasteiger partial charge in [0.05, 0.1) is 17.6 Å². The Morgan fingerprint density at radius 1 is 1.28 bits per heavy atom. The van der Waals surface area contributed by atoms with E-state index >= 15 is 0 Å². The van der Waals surface area contributed by atoms with Crippen LogP contribution in [0.1, 0.15) is 39.1 Å². The van der Waals surface area contributed by atoms with Gasteiger partial charge in [0.15, 0.2) is 0 Å². The zero-order valence-electron chi connectivity index (χ0n) is 14.8. The molecular weight excluding hydrogens is 336 g/mol. The van der Waals surface area contributed by atoms with E-state index < -0.39 is 0 Å². The Bertz CT molecular complexity index is 1020. The van der Waals surface area contributed by atoms with Crippen LogP contribution in [0, 0.1) is 13.8 Å². The lowest BCUT2D eigenvalue weighted by molar-refractivity contribution is 0.0525. The largest absolute Gasteiger partial charge is 0.462 e. The van der Waals surface area contributed by atoms with Crippen molar-refractivity contribution in [3.63, 3.8) is 0 Å². The summed E-state index contributed by atoms with van der Waals surface area (Å²) in [5.41, 5.74) is 2.26. The van der Waals surface area contributed by atoms with Crippen LogP contribution in [0.2, 0.25) is 0 Å². The molecule has 0 saturated heterocycles. The van der Waals surface area contributed by atoms with E-state index in [2.05, 4.69) is 4.98 Å². The molecule has 0 amide bonds. The summed E-state index contributed by atoms with van der Waals surface area (Å²) < 4.78 is 6.70. The molecule has 0 spiro atoms. The molecule has 0 saturated carbocycles. The number of benzene rings is 1. The van der Waals surface area contributed by atoms with Crippen LogP contribution < -0.4 is 5.56 Å². The topological polar surface area (TPSA) is 61.2 Å². The molecule has 0 aliphatic heterocycles. The Morgan fingerprint density at radius 2 is 2.00 bits per heavy atom. The Hall–Kier alpha value is -2.47. The molecule has 0 fully saturated rings. The number of hydrogen-bond acceptors (Lipinski definition) is 5. The molecule has 5 nitrogen and oxygen atoms in total. The van der Waals surface area contributed by atoms with Crippen molar-refractivity contribution in [2.24, 2.45) is 7.05 Å². The van der Waals surface area contributed by atoms with Gasteiger partial charge in [-0.2, -0.15) is 0 Å². The predicted molar refractivity (Wildman–Crippen MR) is 99.5 cm³/mol. The third kappa shape index (κ3) is 3.09. The number of nitrogens with zero attached hydrogens (tertiary/aromatic N) is 2. The average molecular weight is 356 g/mol. The lowest BCUT2D eigenvalue weighted by Gasteiger charge is -2.11. The Labute approximate surface area is 149 Å². The van der Waals surface area contributed by atoms with Crippen molar-refractivity contribution in [2.45, 2.75) is 27.2 Å². The van der Waals surface area contributed by atoms with E-state index in [-0.39, 0.29) is 11.5 Å². The number of esters is 1. The summed E-state index contributed by atoms with van der Waals surface area (Å²) >= 11 is 1.53. The second-order valence-electron chi connectivity index (χ2n) is 5.91. The van der Waals surface area contributed by atoms with Gasteiger partial charge in [-0.1, -0.05) is 18.2 Å². The maximum atomic E-state index is 12.7. The van der Waals surface area contributed by atoms with E-state index in [1.165, 1.54) is 11.3 Å². The van der Waals surface area contributed by atoms with Gasteiger partial charge in [0.25, 0.3) is 5.56 Å². The summed E-state index contributed by atoms with van der Waals surface area (Å²) in [6, 6.07) is 7.28. The van der Waals surface area contributed by atoms with Gasteiger partial charge < -0.3 is 4.74 Å². The lowest BCUT2D eigenvalue weighted by atomic mass is 10.0. The number of rotatable bonds is 4. The van der Waals surface area contributed by atoms with Gasteiger partial charge >= 0.3 is 5.97 Å². The van der Waals surface area contributed by atoms with Gasteiger partial charge in [0.1, 0.15) is 10.7 Å². The van der Waals surface area contributed by atoms with Crippen LogP contribution in [0.5, 0.6) is 0 Å². The number of aryl methyl sites for hydroxylation is 2. The van der Waals surface area contributed by atoms with Gasteiger partial charge in [-0.3, -0.25) is 9.36 Å². The first kappa shape index (κ1) is 17.4. The van der Waals surface area contributed by atoms with Crippen LogP contribution >= 0.6 is 11.3 Å². The number of hydrogen-bond donors (Lipinski definition) is 0. The second-order valence-corrected chi connectivity index (χ2v) is 7.11. The molecule has 130 valence electrons. The van der Waals surface area contributed by atoms with E-state index in [0.717, 1.165) is 20.8 Å². The highest BCUT2D eigenvalue weighted by Gasteiger charge is 2.17. The molecule has 2 heterocycles. The van der Waals surface area contributed by atoms with Crippen molar-refractivity contribution in [1.29, 1.82) is 0 Å². The minimum absolute atomic E-state index is 0.0459. The highest BCUT2D eigenvalue weighted by Crippen LogP contribution is 2.26. The number of aromatic nitrogens is 2. The lowest BCUT2D eigenvalue weighted by Crippen LogP contribution is -2.23. The van der Waals surface area contributed by atoms with Crippen LogP contribution in [0.4, 0.5) is 0 Å². The predicted octanol–water partition coefficient (Wildman–Crippen LogP) is 3.38. The van der Waals surface area contributed by atoms with E-state index in [4.69, 9.17) is 4.74 Å². The zero-order valence-corrected chi connectivity index (χ0v) is 15.6. The zero-order chi connectivity index (χ0) is 18.1. The molecule has 1 aromatic carbocycles. The van der Waals surface area contributed by atoms with E-state index in [9.17, 15) is 9.59 Å². The first-order valence-electron chi connectivity index (χ1n) is 8.14. The van der Waals surface area contributed by atoms with Crippen LogP contribution in [0.3, 0.4) is 0 Å². The van der Waals surface area contributed by atoms with Crippen molar-refractivity contribution in [2.75, 3.05) is 6.61 Å². The molecular formula is C19H20N2O3S. The molecule has 0 N–H and O–H groups in total. The molecule has 0 unspecified atom stereocenters. The molecule has 0 bridgehead atoms. The third-order valence-electron chi connectivity index (χ3n) is 4.36. The molecule has 0 atom stereocenters. The van der Waals surface area contributed by atoms with Crippen molar-refractivity contribution < 1.29 is 9.53 Å². The number of fused-ring (bicyclic) bond motifs is 1. The maximum Gasteiger partial charge on any atom is 0.338 e. The van der Waals surface area contributed by atoms with Crippen LogP contribution in [0.25, 0.3) is 10.2 Å². The Kier molecular flexibility index (Phi) is 4.72. The summed E-state index contributed by atoms with van der Waals surface area (Å²) in [6.07, 6.45) is 0.395. The molecule has 6 heteroatoms. The highest BCUT2D eigenvalue weighted by molar-refractivity contribution is 7.18. The molecule has 25 heavy (non-hydrogen) atoms. The number of carbonyl (C=O) groups is 1. The smallest absolute Gasteiger partial charge is 0.338 e. The number of thiophene rings is 1. The van der Waals surface area contributed by atoms with Gasteiger partial charge in [-0.15, -0.1) is 11.3 Å². The fraction of sp³-hybridized carbons (Fsp3) is 0.316. The Balaban J connectivity index is 2.09. The van der Waals surface area contributed by atoms with Crippen molar-refractivity contribution in [3.8, 4) is 0 Å². The summed E-state index contributed by atoms with van der Waals surface area (Å²) in [5.74, 6) is 0.280. The van der Waals surface area contributed by atoms with E-state index in [1.54, 1.807) is 30.7 Å². The summed E-state index contributed by atoms with van der Waals surface area (Å²) in [6.45, 7) is 6.05. The molecule has 0 aliphatic rings. The highest BCUT2D eigenvalue weighted by atomic mass is 32.1. The minimum Gasteiger partial charge on any atom is -0.462 e. The van der Waals surface area contributed by atoms with Crippen molar-refractivity contribution in [1.82, 2.24) is 9.55 Å². The quantitative estimate of drug-likeness (QED) is 0.673. The maximum absolute atomic E-state index is 12.7. The first-order chi connectivity index (χ1) is 11.9. The van der Waals surface area contributed by atoms with E-state index in [1.807, 2.05) is 26.0 Å².